The Morgan fingerprint density at radius 1 is 1.53 bits per heavy atom. The predicted molar refractivity (Wildman–Crippen MR) is 76.7 cm³/mol. The average molecular weight is 314 g/mol. The lowest BCUT2D eigenvalue weighted by Crippen LogP contribution is -2.38. The van der Waals surface area contributed by atoms with Gasteiger partial charge in [-0.05, 0) is 53.1 Å². The second-order valence-corrected chi connectivity index (χ2v) is 6.27. The summed E-state index contributed by atoms with van der Waals surface area (Å²) in [7, 11) is 0. The molecule has 2 rings (SSSR count). The minimum atomic E-state index is 0.0353. The van der Waals surface area contributed by atoms with Crippen LogP contribution < -0.4 is 5.32 Å². The van der Waals surface area contributed by atoms with Crippen LogP contribution in [-0.2, 0) is 0 Å². The highest BCUT2D eigenvalue weighted by Gasteiger charge is 2.18. The molecule has 17 heavy (non-hydrogen) atoms. The van der Waals surface area contributed by atoms with E-state index in [-0.39, 0.29) is 5.91 Å². The van der Waals surface area contributed by atoms with E-state index in [9.17, 15) is 4.79 Å². The Bertz CT molecular complexity index is 416. The number of hydrogen-bond donors (Lipinski definition) is 1. The summed E-state index contributed by atoms with van der Waals surface area (Å²) in [5, 5.41) is 3.11. The first-order valence-electron chi connectivity index (χ1n) is 5.82. The van der Waals surface area contributed by atoms with E-state index in [0.29, 0.717) is 6.04 Å². The zero-order chi connectivity index (χ0) is 12.3. The fourth-order valence-electron chi connectivity index (χ4n) is 1.94. The Hall–Kier alpha value is -0.480. The summed E-state index contributed by atoms with van der Waals surface area (Å²) in [5.74, 6) is 2.29. The van der Waals surface area contributed by atoms with Crippen molar-refractivity contribution in [1.82, 2.24) is 5.32 Å². The molecule has 1 aliphatic heterocycles. The number of thioether (sulfide) groups is 1. The van der Waals surface area contributed by atoms with Gasteiger partial charge in [0.25, 0.3) is 5.91 Å². The van der Waals surface area contributed by atoms with Crippen molar-refractivity contribution < 1.29 is 4.79 Å². The monoisotopic (exact) mass is 313 g/mol. The summed E-state index contributed by atoms with van der Waals surface area (Å²) < 4.78 is 0.904. The first-order valence-corrected chi connectivity index (χ1v) is 7.77. The first kappa shape index (κ1) is 13.0. The molecule has 1 amide bonds. The molecule has 0 aliphatic carbocycles. The van der Waals surface area contributed by atoms with Gasteiger partial charge in [-0.25, -0.2) is 0 Å². The molecular formula is C13H16BrNOS. The van der Waals surface area contributed by atoms with Crippen molar-refractivity contribution in [2.45, 2.75) is 25.8 Å². The van der Waals surface area contributed by atoms with Gasteiger partial charge in [-0.1, -0.05) is 12.1 Å². The molecule has 1 aromatic rings. The van der Waals surface area contributed by atoms with E-state index >= 15 is 0 Å². The van der Waals surface area contributed by atoms with Crippen LogP contribution in [0.15, 0.2) is 22.7 Å². The molecule has 1 fully saturated rings. The fourth-order valence-corrected chi connectivity index (χ4v) is 3.46. The number of benzene rings is 1. The molecule has 0 radical (unpaired) electrons. The van der Waals surface area contributed by atoms with E-state index in [1.54, 1.807) is 0 Å². The maximum Gasteiger partial charge on any atom is 0.252 e. The van der Waals surface area contributed by atoms with Crippen LogP contribution >= 0.6 is 27.7 Å². The van der Waals surface area contributed by atoms with Crippen LogP contribution in [0.3, 0.4) is 0 Å². The molecule has 1 N–H and O–H groups in total. The number of nitrogens with one attached hydrogen (secondary N) is 1. The van der Waals surface area contributed by atoms with E-state index < -0.39 is 0 Å². The SMILES string of the molecule is Cc1cccc(C(=O)NC2CCCSC2)c1Br. The number of carbonyl (C=O) groups excluding carboxylic acids is 1. The summed E-state index contributed by atoms with van der Waals surface area (Å²) in [5.41, 5.74) is 1.83. The van der Waals surface area contributed by atoms with Crippen molar-refractivity contribution >= 4 is 33.6 Å². The van der Waals surface area contributed by atoms with Gasteiger partial charge in [-0.2, -0.15) is 11.8 Å². The Morgan fingerprint density at radius 2 is 2.35 bits per heavy atom. The lowest BCUT2D eigenvalue weighted by Gasteiger charge is -2.22. The molecule has 1 heterocycles. The van der Waals surface area contributed by atoms with Gasteiger partial charge < -0.3 is 5.32 Å². The maximum atomic E-state index is 12.1. The lowest BCUT2D eigenvalue weighted by molar-refractivity contribution is 0.0937. The number of rotatable bonds is 2. The molecule has 1 aliphatic rings. The van der Waals surface area contributed by atoms with Gasteiger partial charge >= 0.3 is 0 Å². The third-order valence-electron chi connectivity index (χ3n) is 2.93. The number of carbonyl (C=O) groups is 1. The van der Waals surface area contributed by atoms with Crippen molar-refractivity contribution in [2.75, 3.05) is 11.5 Å². The van der Waals surface area contributed by atoms with Gasteiger partial charge in [0.1, 0.15) is 0 Å². The van der Waals surface area contributed by atoms with Gasteiger partial charge in [-0.3, -0.25) is 4.79 Å². The van der Waals surface area contributed by atoms with Crippen LogP contribution in [0, 0.1) is 6.92 Å². The van der Waals surface area contributed by atoms with E-state index in [4.69, 9.17) is 0 Å². The lowest BCUT2D eigenvalue weighted by atomic mass is 10.1. The van der Waals surface area contributed by atoms with Crippen molar-refractivity contribution in [3.05, 3.63) is 33.8 Å². The Balaban J connectivity index is 2.06. The van der Waals surface area contributed by atoms with Crippen LogP contribution in [0.2, 0.25) is 0 Å². The molecular weight excluding hydrogens is 298 g/mol. The summed E-state index contributed by atoms with van der Waals surface area (Å²) in [6.07, 6.45) is 2.30. The molecule has 1 unspecified atom stereocenters. The minimum Gasteiger partial charge on any atom is -0.348 e. The van der Waals surface area contributed by atoms with Crippen LogP contribution in [-0.4, -0.2) is 23.5 Å². The highest BCUT2D eigenvalue weighted by Crippen LogP contribution is 2.22. The van der Waals surface area contributed by atoms with E-state index in [0.717, 1.165) is 27.8 Å². The van der Waals surface area contributed by atoms with Crippen LogP contribution in [0.1, 0.15) is 28.8 Å². The molecule has 0 saturated carbocycles. The highest BCUT2D eigenvalue weighted by atomic mass is 79.9. The Labute approximate surface area is 115 Å². The fraction of sp³-hybridized carbons (Fsp3) is 0.462. The molecule has 2 nitrogen and oxygen atoms in total. The van der Waals surface area contributed by atoms with Crippen LogP contribution in [0.4, 0.5) is 0 Å². The summed E-state index contributed by atoms with van der Waals surface area (Å²) in [4.78, 5) is 12.1. The number of aryl methyl sites for hydroxylation is 1. The normalized spacial score (nSPS) is 20.0. The summed E-state index contributed by atoms with van der Waals surface area (Å²) >= 11 is 5.40. The van der Waals surface area contributed by atoms with Crippen LogP contribution in [0.5, 0.6) is 0 Å². The number of hydrogen-bond acceptors (Lipinski definition) is 2. The van der Waals surface area contributed by atoms with Gasteiger partial charge in [0.05, 0.1) is 5.56 Å². The van der Waals surface area contributed by atoms with Crippen molar-refractivity contribution in [3.63, 3.8) is 0 Å². The molecule has 0 spiro atoms. The smallest absolute Gasteiger partial charge is 0.252 e. The van der Waals surface area contributed by atoms with Crippen molar-refractivity contribution in [2.24, 2.45) is 0 Å². The van der Waals surface area contributed by atoms with Crippen molar-refractivity contribution in [3.8, 4) is 0 Å². The molecule has 1 atom stereocenters. The molecule has 4 heteroatoms. The van der Waals surface area contributed by atoms with Gasteiger partial charge in [-0.15, -0.1) is 0 Å². The molecule has 1 aromatic carbocycles. The third-order valence-corrected chi connectivity index (χ3v) is 5.20. The zero-order valence-corrected chi connectivity index (χ0v) is 12.2. The second kappa shape index (κ2) is 5.91. The zero-order valence-electron chi connectivity index (χ0n) is 9.83. The predicted octanol–water partition coefficient (Wildman–Crippen LogP) is 3.38. The highest BCUT2D eigenvalue weighted by molar-refractivity contribution is 9.10. The minimum absolute atomic E-state index is 0.0353. The Morgan fingerprint density at radius 3 is 3.06 bits per heavy atom. The molecule has 92 valence electrons. The Kier molecular flexibility index (Phi) is 4.51. The molecule has 1 saturated heterocycles. The molecule has 0 aromatic heterocycles. The summed E-state index contributed by atoms with van der Waals surface area (Å²) in [6.45, 7) is 2.00. The number of halogens is 1. The first-order chi connectivity index (χ1) is 8.18. The number of amides is 1. The van der Waals surface area contributed by atoms with Gasteiger partial charge in [0.15, 0.2) is 0 Å². The average Bonchev–Trinajstić information content (AvgIpc) is 2.34. The quantitative estimate of drug-likeness (QED) is 0.907. The third kappa shape index (κ3) is 3.26. The maximum absolute atomic E-state index is 12.1. The topological polar surface area (TPSA) is 29.1 Å². The van der Waals surface area contributed by atoms with Gasteiger partial charge in [0.2, 0.25) is 0 Å². The van der Waals surface area contributed by atoms with E-state index in [1.165, 1.54) is 12.2 Å². The molecule has 0 bridgehead atoms. The van der Waals surface area contributed by atoms with E-state index in [1.807, 2.05) is 36.9 Å². The van der Waals surface area contributed by atoms with Crippen LogP contribution in [0.25, 0.3) is 0 Å². The second-order valence-electron chi connectivity index (χ2n) is 4.32. The summed E-state index contributed by atoms with van der Waals surface area (Å²) in [6, 6.07) is 6.11. The van der Waals surface area contributed by atoms with E-state index in [2.05, 4.69) is 21.2 Å². The standard InChI is InChI=1S/C13H16BrNOS/c1-9-4-2-6-11(12(9)14)13(16)15-10-5-3-7-17-8-10/h2,4,6,10H,3,5,7-8H2,1H3,(H,15,16). The van der Waals surface area contributed by atoms with Crippen molar-refractivity contribution in [1.29, 1.82) is 0 Å². The van der Waals surface area contributed by atoms with Gasteiger partial charge in [0, 0.05) is 16.3 Å². The largest absolute Gasteiger partial charge is 0.348 e.